The normalized spacial score (nSPS) is 18.4. The van der Waals surface area contributed by atoms with Crippen LogP contribution in [0.2, 0.25) is 0 Å². The predicted molar refractivity (Wildman–Crippen MR) is 119 cm³/mol. The highest BCUT2D eigenvalue weighted by Gasteiger charge is 2.33. The Kier molecular flexibility index (Phi) is 5.83. The van der Waals surface area contributed by atoms with Gasteiger partial charge in [-0.15, -0.1) is 5.10 Å². The van der Waals surface area contributed by atoms with Crippen LogP contribution in [0, 0.1) is 11.6 Å². The average Bonchev–Trinajstić information content (AvgIpc) is 3.48. The summed E-state index contributed by atoms with van der Waals surface area (Å²) in [4.78, 5) is 29.7. The maximum absolute atomic E-state index is 15.0. The summed E-state index contributed by atoms with van der Waals surface area (Å²) < 4.78 is 35.9. The molecule has 0 bridgehead atoms. The van der Waals surface area contributed by atoms with Gasteiger partial charge in [-0.3, -0.25) is 9.69 Å². The van der Waals surface area contributed by atoms with E-state index in [1.807, 2.05) is 4.90 Å². The topological polar surface area (TPSA) is 83.8 Å². The van der Waals surface area contributed by atoms with Crippen molar-refractivity contribution in [3.05, 3.63) is 72.1 Å². The Labute approximate surface area is 194 Å². The Morgan fingerprint density at radius 1 is 1.06 bits per heavy atom. The lowest BCUT2D eigenvalue weighted by molar-refractivity contribution is 0.0742. The van der Waals surface area contributed by atoms with Crippen molar-refractivity contribution < 1.29 is 23.1 Å². The Morgan fingerprint density at radius 2 is 1.85 bits per heavy atom. The molecule has 1 aromatic heterocycles. The third-order valence-electron chi connectivity index (χ3n) is 5.99. The quantitative estimate of drug-likeness (QED) is 0.572. The van der Waals surface area contributed by atoms with Gasteiger partial charge in [-0.25, -0.2) is 18.3 Å². The number of piperazine rings is 1. The van der Waals surface area contributed by atoms with Crippen LogP contribution in [-0.2, 0) is 11.3 Å². The lowest BCUT2D eigenvalue weighted by atomic mass is 10.1. The molecule has 0 aliphatic carbocycles. The molecule has 3 aromatic rings. The minimum absolute atomic E-state index is 0.0334. The van der Waals surface area contributed by atoms with Crippen molar-refractivity contribution >= 4 is 23.4 Å². The second-order valence-electron chi connectivity index (χ2n) is 8.14. The summed E-state index contributed by atoms with van der Waals surface area (Å²) >= 11 is 0. The van der Waals surface area contributed by atoms with Crippen LogP contribution in [-0.4, -0.2) is 70.7 Å². The van der Waals surface area contributed by atoms with Gasteiger partial charge in [0, 0.05) is 32.4 Å². The number of halogens is 2. The van der Waals surface area contributed by atoms with E-state index in [0.717, 1.165) is 0 Å². The number of benzene rings is 2. The molecule has 2 saturated heterocycles. The van der Waals surface area contributed by atoms with Gasteiger partial charge in [0.25, 0.3) is 5.91 Å². The maximum atomic E-state index is 15.0. The van der Waals surface area contributed by atoms with Crippen molar-refractivity contribution in [3.8, 4) is 0 Å². The van der Waals surface area contributed by atoms with Gasteiger partial charge in [-0.1, -0.05) is 17.3 Å². The van der Waals surface area contributed by atoms with E-state index < -0.39 is 23.8 Å². The zero-order valence-corrected chi connectivity index (χ0v) is 18.2. The number of nitrogens with zero attached hydrogens (tertiary/aromatic N) is 6. The van der Waals surface area contributed by atoms with Crippen molar-refractivity contribution in [1.82, 2.24) is 19.9 Å². The van der Waals surface area contributed by atoms with Crippen LogP contribution < -0.4 is 9.80 Å². The van der Waals surface area contributed by atoms with Crippen molar-refractivity contribution in [2.24, 2.45) is 0 Å². The fourth-order valence-electron chi connectivity index (χ4n) is 4.24. The number of ether oxygens (including phenoxy) is 1. The van der Waals surface area contributed by atoms with Crippen LogP contribution in [0.15, 0.2) is 54.9 Å². The number of carbonyl (C=O) groups is 2. The number of hydrogen-bond acceptors (Lipinski definition) is 6. The van der Waals surface area contributed by atoms with Crippen molar-refractivity contribution in [1.29, 1.82) is 0 Å². The highest BCUT2D eigenvalue weighted by atomic mass is 19.1. The standard InChI is InChI=1S/C23H22F2N6O3/c24-19-4-2-1-3-18(19)22(32)29-11-9-28(10-12-29)21-6-5-16(13-20(21)25)31-15-17(34-23(31)33)14-30-8-7-26-27-30/h1-8,13,17H,9-12,14-15H2/t17-/m0/s1. The fourth-order valence-corrected chi connectivity index (χ4v) is 4.24. The summed E-state index contributed by atoms with van der Waals surface area (Å²) in [5.41, 5.74) is 0.820. The number of carbonyl (C=O) groups excluding carboxylic acids is 2. The molecular weight excluding hydrogens is 446 g/mol. The van der Waals surface area contributed by atoms with Gasteiger partial charge in [-0.2, -0.15) is 0 Å². The first-order valence-electron chi connectivity index (χ1n) is 10.9. The van der Waals surface area contributed by atoms with E-state index >= 15 is 4.39 Å². The number of aromatic nitrogens is 3. The minimum atomic E-state index is -0.555. The summed E-state index contributed by atoms with van der Waals surface area (Å²) in [7, 11) is 0. The van der Waals surface area contributed by atoms with Crippen LogP contribution in [0.1, 0.15) is 10.4 Å². The van der Waals surface area contributed by atoms with Crippen LogP contribution >= 0.6 is 0 Å². The summed E-state index contributed by atoms with van der Waals surface area (Å²) in [6.45, 7) is 2.13. The molecule has 5 rings (SSSR count). The second kappa shape index (κ2) is 9.08. The SMILES string of the molecule is O=C(c1ccccc1F)N1CCN(c2ccc(N3C[C@H](Cn4ccnn4)OC3=O)cc2F)CC1. The molecule has 176 valence electrons. The molecule has 34 heavy (non-hydrogen) atoms. The number of anilines is 2. The number of rotatable bonds is 5. The monoisotopic (exact) mass is 468 g/mol. The van der Waals surface area contributed by atoms with Gasteiger partial charge in [0.2, 0.25) is 0 Å². The smallest absolute Gasteiger partial charge is 0.414 e. The van der Waals surface area contributed by atoms with Gasteiger partial charge in [-0.05, 0) is 30.3 Å². The van der Waals surface area contributed by atoms with Gasteiger partial charge < -0.3 is 14.5 Å². The lowest BCUT2D eigenvalue weighted by Crippen LogP contribution is -2.49. The van der Waals surface area contributed by atoms with Crippen LogP contribution in [0.5, 0.6) is 0 Å². The molecule has 9 nitrogen and oxygen atoms in total. The number of amides is 2. The van der Waals surface area contributed by atoms with Crippen molar-refractivity contribution in [2.45, 2.75) is 12.6 Å². The van der Waals surface area contributed by atoms with Crippen LogP contribution in [0.3, 0.4) is 0 Å². The molecule has 0 unspecified atom stereocenters. The van der Waals surface area contributed by atoms with Gasteiger partial charge in [0.15, 0.2) is 0 Å². The zero-order valence-electron chi connectivity index (χ0n) is 18.2. The average molecular weight is 468 g/mol. The van der Waals surface area contributed by atoms with Crippen LogP contribution in [0.25, 0.3) is 0 Å². The lowest BCUT2D eigenvalue weighted by Gasteiger charge is -2.36. The van der Waals surface area contributed by atoms with Crippen molar-refractivity contribution in [3.63, 3.8) is 0 Å². The number of cyclic esters (lactones) is 1. The molecule has 2 fully saturated rings. The fraction of sp³-hybridized carbons (Fsp3) is 0.304. The Hall–Kier alpha value is -4.02. The minimum Gasteiger partial charge on any atom is -0.442 e. The number of hydrogen-bond donors (Lipinski definition) is 0. The summed E-state index contributed by atoms with van der Waals surface area (Å²) in [5.74, 6) is -1.40. The third kappa shape index (κ3) is 4.28. The molecule has 0 N–H and O–H groups in total. The molecular formula is C23H22F2N6O3. The molecule has 1 atom stereocenters. The van der Waals surface area contributed by atoms with Gasteiger partial charge >= 0.3 is 6.09 Å². The van der Waals surface area contributed by atoms with E-state index in [2.05, 4.69) is 10.3 Å². The molecule has 3 heterocycles. The molecule has 2 aliphatic rings. The van der Waals surface area contributed by atoms with E-state index in [0.29, 0.717) is 44.1 Å². The molecule has 0 spiro atoms. The maximum Gasteiger partial charge on any atom is 0.414 e. The van der Waals surface area contributed by atoms with Gasteiger partial charge in [0.1, 0.15) is 17.7 Å². The van der Waals surface area contributed by atoms with E-state index in [4.69, 9.17) is 4.74 Å². The molecule has 2 amide bonds. The molecule has 2 aromatic carbocycles. The Morgan fingerprint density at radius 3 is 2.56 bits per heavy atom. The zero-order chi connectivity index (χ0) is 23.7. The third-order valence-corrected chi connectivity index (χ3v) is 5.99. The van der Waals surface area contributed by atoms with Crippen LogP contribution in [0.4, 0.5) is 25.0 Å². The summed E-state index contributed by atoms with van der Waals surface area (Å²) in [6.07, 6.45) is 2.25. The van der Waals surface area contributed by atoms with Crippen molar-refractivity contribution in [2.75, 3.05) is 42.5 Å². The predicted octanol–water partition coefficient (Wildman–Crippen LogP) is 2.54. The summed E-state index contributed by atoms with van der Waals surface area (Å²) in [6, 6.07) is 10.5. The Bertz CT molecular complexity index is 1200. The second-order valence-corrected chi connectivity index (χ2v) is 8.14. The first-order valence-corrected chi connectivity index (χ1v) is 10.9. The highest BCUT2D eigenvalue weighted by molar-refractivity contribution is 5.94. The highest BCUT2D eigenvalue weighted by Crippen LogP contribution is 2.29. The Balaban J connectivity index is 1.22. The largest absolute Gasteiger partial charge is 0.442 e. The molecule has 0 saturated carbocycles. The molecule has 2 aliphatic heterocycles. The summed E-state index contributed by atoms with van der Waals surface area (Å²) in [5, 5.41) is 7.59. The first kappa shape index (κ1) is 21.8. The molecule has 0 radical (unpaired) electrons. The first-order chi connectivity index (χ1) is 16.5. The van der Waals surface area contributed by atoms with E-state index in [9.17, 15) is 14.0 Å². The van der Waals surface area contributed by atoms with Gasteiger partial charge in [0.05, 0.1) is 36.2 Å². The molecule has 11 heteroatoms. The van der Waals surface area contributed by atoms with E-state index in [-0.39, 0.29) is 18.0 Å². The van der Waals surface area contributed by atoms with E-state index in [1.165, 1.54) is 35.4 Å². The van der Waals surface area contributed by atoms with E-state index in [1.54, 1.807) is 34.0 Å².